The maximum absolute atomic E-state index is 5.17. The highest BCUT2D eigenvalue weighted by Crippen LogP contribution is 2.18. The van der Waals surface area contributed by atoms with Crippen molar-refractivity contribution in [1.82, 2.24) is 9.97 Å². The van der Waals surface area contributed by atoms with E-state index in [2.05, 4.69) is 9.97 Å². The Bertz CT molecular complexity index is 444. The molecule has 12 heavy (non-hydrogen) atoms. The molecule has 0 fully saturated rings. The number of rotatable bonds is 0. The predicted molar refractivity (Wildman–Crippen MR) is 45.9 cm³/mol. The highest BCUT2D eigenvalue weighted by molar-refractivity contribution is 5.88. The Balaban J connectivity index is 2.62. The van der Waals surface area contributed by atoms with Gasteiger partial charge >= 0.3 is 0 Å². The first-order valence-electron chi connectivity index (χ1n) is 3.75. The lowest BCUT2D eigenvalue weighted by molar-refractivity contribution is 0.604. The normalized spacial score (nSPS) is 11.3. The monoisotopic (exact) mass is 158 g/mol. The summed E-state index contributed by atoms with van der Waals surface area (Å²) >= 11 is 0. The molecular formula is C9H6N2O. The van der Waals surface area contributed by atoms with E-state index in [1.54, 1.807) is 6.26 Å². The summed E-state index contributed by atoms with van der Waals surface area (Å²) in [6.45, 7) is 0. The molecule has 0 aliphatic carbocycles. The number of hydrogen-bond donors (Lipinski definition) is 1. The fraction of sp³-hybridized carbons (Fsp3) is 0. The van der Waals surface area contributed by atoms with Crippen LogP contribution in [0.15, 0.2) is 35.1 Å². The number of aromatic nitrogens is 2. The Morgan fingerprint density at radius 3 is 3.33 bits per heavy atom. The van der Waals surface area contributed by atoms with Crippen LogP contribution in [0, 0.1) is 0 Å². The van der Waals surface area contributed by atoms with E-state index in [0.29, 0.717) is 5.71 Å². The lowest BCUT2D eigenvalue weighted by atomic mass is 10.3. The van der Waals surface area contributed by atoms with Gasteiger partial charge in [-0.25, -0.2) is 4.98 Å². The summed E-state index contributed by atoms with van der Waals surface area (Å²) in [6, 6.07) is 5.86. The number of fused-ring (bicyclic) bond motifs is 2. The third-order valence-corrected chi connectivity index (χ3v) is 1.95. The minimum atomic E-state index is 0.696. The number of hydrogen-bond acceptors (Lipinski definition) is 2. The van der Waals surface area contributed by atoms with Gasteiger partial charge in [-0.2, -0.15) is 0 Å². The summed E-state index contributed by atoms with van der Waals surface area (Å²) in [4.78, 5) is 7.40. The Morgan fingerprint density at radius 2 is 2.33 bits per heavy atom. The molecule has 3 heterocycles. The van der Waals surface area contributed by atoms with E-state index in [4.69, 9.17) is 4.42 Å². The van der Waals surface area contributed by atoms with E-state index >= 15 is 0 Å². The number of furan rings is 1. The molecule has 1 N–H and O–H groups in total. The van der Waals surface area contributed by atoms with Gasteiger partial charge in [-0.1, -0.05) is 0 Å². The first-order chi connectivity index (χ1) is 5.93. The van der Waals surface area contributed by atoms with E-state index in [1.807, 2.05) is 24.4 Å². The van der Waals surface area contributed by atoms with Gasteiger partial charge in [0.05, 0.1) is 17.3 Å². The Labute approximate surface area is 68.0 Å². The minimum Gasteiger partial charge on any atom is -0.446 e. The van der Waals surface area contributed by atoms with Gasteiger partial charge in [0, 0.05) is 11.6 Å². The molecule has 3 aromatic heterocycles. The SMILES string of the molecule is c1cc2nc3occc3cc2[nH]1. The fourth-order valence-electron chi connectivity index (χ4n) is 1.36. The summed E-state index contributed by atoms with van der Waals surface area (Å²) in [5.41, 5.74) is 2.68. The van der Waals surface area contributed by atoms with Crippen molar-refractivity contribution in [3.05, 3.63) is 30.7 Å². The quantitative estimate of drug-likeness (QED) is 0.545. The molecule has 58 valence electrons. The number of nitrogens with zero attached hydrogens (tertiary/aromatic N) is 1. The first-order valence-corrected chi connectivity index (χ1v) is 3.75. The number of pyridine rings is 1. The zero-order valence-electron chi connectivity index (χ0n) is 6.24. The van der Waals surface area contributed by atoms with Crippen LogP contribution in [-0.2, 0) is 0 Å². The molecule has 3 heteroatoms. The summed E-state index contributed by atoms with van der Waals surface area (Å²) in [7, 11) is 0. The second kappa shape index (κ2) is 1.88. The molecular weight excluding hydrogens is 152 g/mol. The van der Waals surface area contributed by atoms with Gasteiger partial charge in [-0.15, -0.1) is 0 Å². The number of aromatic amines is 1. The molecule has 0 aliphatic rings. The Kier molecular flexibility index (Phi) is 0.913. The van der Waals surface area contributed by atoms with Crippen LogP contribution in [0.2, 0.25) is 0 Å². The smallest absolute Gasteiger partial charge is 0.226 e. The molecule has 0 amide bonds. The lowest BCUT2D eigenvalue weighted by Gasteiger charge is -1.88. The number of nitrogens with one attached hydrogen (secondary N) is 1. The zero-order valence-corrected chi connectivity index (χ0v) is 6.24. The van der Waals surface area contributed by atoms with Crippen LogP contribution in [0.3, 0.4) is 0 Å². The third-order valence-electron chi connectivity index (χ3n) is 1.95. The van der Waals surface area contributed by atoms with Gasteiger partial charge in [0.15, 0.2) is 0 Å². The third kappa shape index (κ3) is 0.625. The van der Waals surface area contributed by atoms with Gasteiger partial charge in [0.2, 0.25) is 5.71 Å². The van der Waals surface area contributed by atoms with Gasteiger partial charge in [0.1, 0.15) is 0 Å². The van der Waals surface area contributed by atoms with Gasteiger partial charge in [0.25, 0.3) is 0 Å². The maximum atomic E-state index is 5.17. The molecule has 3 nitrogen and oxygen atoms in total. The maximum Gasteiger partial charge on any atom is 0.226 e. The lowest BCUT2D eigenvalue weighted by Crippen LogP contribution is -1.73. The second-order valence-electron chi connectivity index (χ2n) is 2.71. The molecule has 0 saturated heterocycles. The van der Waals surface area contributed by atoms with Gasteiger partial charge in [-0.3, -0.25) is 0 Å². The van der Waals surface area contributed by atoms with E-state index in [-0.39, 0.29) is 0 Å². The standard InChI is InChI=1S/C9H6N2O/c1-3-10-8-5-6-2-4-12-9(6)11-7(1)8/h1-5,10H. The summed E-state index contributed by atoms with van der Waals surface area (Å²) in [6.07, 6.45) is 3.52. The molecule has 0 bridgehead atoms. The fourth-order valence-corrected chi connectivity index (χ4v) is 1.36. The second-order valence-corrected chi connectivity index (χ2v) is 2.71. The van der Waals surface area contributed by atoms with Gasteiger partial charge in [-0.05, 0) is 18.2 Å². The molecule has 0 unspecified atom stereocenters. The van der Waals surface area contributed by atoms with Crippen LogP contribution in [0.1, 0.15) is 0 Å². The Hall–Kier alpha value is -1.77. The highest BCUT2D eigenvalue weighted by Gasteiger charge is 2.01. The van der Waals surface area contributed by atoms with Crippen LogP contribution < -0.4 is 0 Å². The summed E-state index contributed by atoms with van der Waals surface area (Å²) in [5.74, 6) is 0. The van der Waals surface area contributed by atoms with Crippen LogP contribution in [0.5, 0.6) is 0 Å². The van der Waals surface area contributed by atoms with Gasteiger partial charge < -0.3 is 9.40 Å². The molecule has 0 radical (unpaired) electrons. The van der Waals surface area contributed by atoms with Crippen molar-refractivity contribution >= 4 is 22.1 Å². The van der Waals surface area contributed by atoms with Crippen molar-refractivity contribution in [2.45, 2.75) is 0 Å². The average Bonchev–Trinajstić information content (AvgIpc) is 2.64. The van der Waals surface area contributed by atoms with Crippen molar-refractivity contribution in [2.75, 3.05) is 0 Å². The van der Waals surface area contributed by atoms with E-state index < -0.39 is 0 Å². The number of H-pyrrole nitrogens is 1. The van der Waals surface area contributed by atoms with Crippen molar-refractivity contribution in [3.63, 3.8) is 0 Å². The molecule has 0 aromatic carbocycles. The zero-order chi connectivity index (χ0) is 7.97. The largest absolute Gasteiger partial charge is 0.446 e. The van der Waals surface area contributed by atoms with E-state index in [9.17, 15) is 0 Å². The minimum absolute atomic E-state index is 0.696. The highest BCUT2D eigenvalue weighted by atomic mass is 16.3. The predicted octanol–water partition coefficient (Wildman–Crippen LogP) is 2.31. The summed E-state index contributed by atoms with van der Waals surface area (Å²) in [5, 5.41) is 1.03. The average molecular weight is 158 g/mol. The van der Waals surface area contributed by atoms with Crippen molar-refractivity contribution in [2.24, 2.45) is 0 Å². The topological polar surface area (TPSA) is 41.8 Å². The molecule has 0 atom stereocenters. The molecule has 0 spiro atoms. The van der Waals surface area contributed by atoms with E-state index in [1.165, 1.54) is 0 Å². The van der Waals surface area contributed by atoms with Crippen LogP contribution in [0.25, 0.3) is 22.1 Å². The van der Waals surface area contributed by atoms with Crippen molar-refractivity contribution in [3.8, 4) is 0 Å². The van der Waals surface area contributed by atoms with Crippen molar-refractivity contribution < 1.29 is 4.42 Å². The van der Waals surface area contributed by atoms with Crippen LogP contribution in [-0.4, -0.2) is 9.97 Å². The molecule has 3 rings (SSSR count). The first kappa shape index (κ1) is 5.83. The van der Waals surface area contributed by atoms with Crippen molar-refractivity contribution in [1.29, 1.82) is 0 Å². The molecule has 0 saturated carbocycles. The van der Waals surface area contributed by atoms with Crippen LogP contribution in [0.4, 0.5) is 0 Å². The van der Waals surface area contributed by atoms with E-state index in [0.717, 1.165) is 16.4 Å². The molecule has 0 aliphatic heterocycles. The summed E-state index contributed by atoms with van der Waals surface area (Å²) < 4.78 is 5.17. The Morgan fingerprint density at radius 1 is 1.33 bits per heavy atom. The molecule has 3 aromatic rings. The van der Waals surface area contributed by atoms with Crippen LogP contribution >= 0.6 is 0 Å².